The average molecular weight is 358 g/mol. The van der Waals surface area contributed by atoms with Gasteiger partial charge in [0.1, 0.15) is 0 Å². The van der Waals surface area contributed by atoms with Gasteiger partial charge in [0.2, 0.25) is 11.6 Å². The minimum atomic E-state index is -1.65. The zero-order chi connectivity index (χ0) is 19.0. The standard InChI is InChI=1S/C21H14N2O4/c24-19-17-11-4-5-12-18(17)20(25)21(19,14-7-2-1-3-8-14)22-15-9-6-10-16(13-15)23(26)27/h1-13,22H. The van der Waals surface area contributed by atoms with E-state index >= 15 is 0 Å². The van der Waals surface area contributed by atoms with Gasteiger partial charge in [-0.25, -0.2) is 0 Å². The van der Waals surface area contributed by atoms with Gasteiger partial charge in [-0.15, -0.1) is 0 Å². The molecule has 0 fully saturated rings. The largest absolute Gasteiger partial charge is 0.362 e. The monoisotopic (exact) mass is 358 g/mol. The first-order valence-electron chi connectivity index (χ1n) is 8.31. The zero-order valence-electron chi connectivity index (χ0n) is 14.1. The highest BCUT2D eigenvalue weighted by molar-refractivity contribution is 6.34. The predicted octanol–water partition coefficient (Wildman–Crippen LogP) is 3.98. The third-order valence-corrected chi connectivity index (χ3v) is 4.69. The highest BCUT2D eigenvalue weighted by Gasteiger charge is 2.54. The van der Waals surface area contributed by atoms with E-state index in [-0.39, 0.29) is 17.3 Å². The Bertz CT molecular complexity index is 1040. The van der Waals surface area contributed by atoms with E-state index in [1.165, 1.54) is 18.2 Å². The van der Waals surface area contributed by atoms with Gasteiger partial charge in [-0.2, -0.15) is 0 Å². The molecule has 132 valence electrons. The van der Waals surface area contributed by atoms with Crippen molar-refractivity contribution in [1.82, 2.24) is 0 Å². The van der Waals surface area contributed by atoms with Gasteiger partial charge in [-0.05, 0) is 11.6 Å². The molecule has 1 N–H and O–H groups in total. The van der Waals surface area contributed by atoms with Crippen molar-refractivity contribution in [2.75, 3.05) is 5.32 Å². The Morgan fingerprint density at radius 1 is 0.778 bits per heavy atom. The summed E-state index contributed by atoms with van der Waals surface area (Å²) in [6.07, 6.45) is 0. The predicted molar refractivity (Wildman–Crippen MR) is 99.9 cm³/mol. The number of nitro groups is 1. The number of nitrogens with one attached hydrogen (secondary N) is 1. The van der Waals surface area contributed by atoms with Crippen LogP contribution in [0.15, 0.2) is 78.9 Å². The molecule has 0 spiro atoms. The van der Waals surface area contributed by atoms with Crippen LogP contribution < -0.4 is 5.32 Å². The fraction of sp³-hybridized carbons (Fsp3) is 0.0476. The van der Waals surface area contributed by atoms with Gasteiger partial charge in [0, 0.05) is 28.9 Å². The molecule has 6 heteroatoms. The summed E-state index contributed by atoms with van der Waals surface area (Å²) in [5.74, 6) is -0.749. The molecule has 0 radical (unpaired) electrons. The minimum Gasteiger partial charge on any atom is -0.362 e. The second-order valence-electron chi connectivity index (χ2n) is 6.25. The first-order valence-corrected chi connectivity index (χ1v) is 8.31. The maximum atomic E-state index is 13.3. The lowest BCUT2D eigenvalue weighted by molar-refractivity contribution is -0.384. The number of rotatable bonds is 4. The van der Waals surface area contributed by atoms with Crippen LogP contribution in [0.1, 0.15) is 26.3 Å². The van der Waals surface area contributed by atoms with Crippen LogP contribution in [0, 0.1) is 10.1 Å². The lowest BCUT2D eigenvalue weighted by atomic mass is 9.84. The van der Waals surface area contributed by atoms with Crippen LogP contribution >= 0.6 is 0 Å². The van der Waals surface area contributed by atoms with Crippen LogP contribution in [0.5, 0.6) is 0 Å². The van der Waals surface area contributed by atoms with Crippen molar-refractivity contribution in [2.24, 2.45) is 0 Å². The summed E-state index contributed by atoms with van der Waals surface area (Å²) < 4.78 is 0. The normalized spacial score (nSPS) is 14.7. The quantitative estimate of drug-likeness (QED) is 0.433. The van der Waals surface area contributed by atoms with E-state index in [1.807, 2.05) is 0 Å². The zero-order valence-corrected chi connectivity index (χ0v) is 14.1. The van der Waals surface area contributed by atoms with Gasteiger partial charge in [0.15, 0.2) is 5.54 Å². The van der Waals surface area contributed by atoms with Crippen molar-refractivity contribution < 1.29 is 14.5 Å². The van der Waals surface area contributed by atoms with E-state index in [2.05, 4.69) is 5.32 Å². The summed E-state index contributed by atoms with van der Waals surface area (Å²) in [7, 11) is 0. The van der Waals surface area contributed by atoms with Crippen LogP contribution in [-0.2, 0) is 5.54 Å². The van der Waals surface area contributed by atoms with E-state index < -0.39 is 10.5 Å². The number of nitrogens with zero attached hydrogens (tertiary/aromatic N) is 1. The fourth-order valence-electron chi connectivity index (χ4n) is 3.44. The molecule has 0 bridgehead atoms. The molecule has 0 unspecified atom stereocenters. The molecular formula is C21H14N2O4. The average Bonchev–Trinajstić information content (AvgIpc) is 2.92. The van der Waals surface area contributed by atoms with Crippen molar-refractivity contribution >= 4 is 22.9 Å². The van der Waals surface area contributed by atoms with Crippen molar-refractivity contribution in [2.45, 2.75) is 5.54 Å². The summed E-state index contributed by atoms with van der Waals surface area (Å²) in [5, 5.41) is 14.1. The summed E-state index contributed by atoms with van der Waals surface area (Å²) >= 11 is 0. The number of benzene rings is 3. The van der Waals surface area contributed by atoms with Crippen molar-refractivity contribution in [3.8, 4) is 0 Å². The topological polar surface area (TPSA) is 89.3 Å². The molecule has 0 aliphatic heterocycles. The number of Topliss-reactive ketones (excluding diaryl/α,β-unsaturated/α-hetero) is 2. The van der Waals surface area contributed by atoms with Gasteiger partial charge in [-0.3, -0.25) is 19.7 Å². The highest BCUT2D eigenvalue weighted by atomic mass is 16.6. The first-order chi connectivity index (χ1) is 13.0. The number of hydrogen-bond donors (Lipinski definition) is 1. The third-order valence-electron chi connectivity index (χ3n) is 4.69. The second kappa shape index (κ2) is 6.17. The molecule has 0 saturated carbocycles. The minimum absolute atomic E-state index is 0.126. The maximum Gasteiger partial charge on any atom is 0.271 e. The number of hydrogen-bond acceptors (Lipinski definition) is 5. The number of carbonyl (C=O) groups excluding carboxylic acids is 2. The molecule has 3 aromatic carbocycles. The molecule has 0 saturated heterocycles. The molecule has 0 amide bonds. The number of fused-ring (bicyclic) bond motifs is 1. The lowest BCUT2D eigenvalue weighted by Gasteiger charge is -2.29. The van der Waals surface area contributed by atoms with Gasteiger partial charge in [0.05, 0.1) is 4.92 Å². The SMILES string of the molecule is O=C1c2ccccc2C(=O)C1(Nc1cccc([N+](=O)[O-])c1)c1ccccc1. The van der Waals surface area contributed by atoms with Crippen LogP contribution in [0.3, 0.4) is 0 Å². The van der Waals surface area contributed by atoms with Crippen molar-refractivity contribution in [3.05, 3.63) is 106 Å². The Hall–Kier alpha value is -3.80. The molecule has 0 atom stereocenters. The van der Waals surface area contributed by atoms with E-state index in [4.69, 9.17) is 0 Å². The third kappa shape index (κ3) is 2.50. The summed E-state index contributed by atoms with van der Waals surface area (Å²) in [4.78, 5) is 37.2. The lowest BCUT2D eigenvalue weighted by Crippen LogP contribution is -2.46. The number of ketones is 2. The summed E-state index contributed by atoms with van der Waals surface area (Å²) in [5.41, 5.74) is -0.294. The number of anilines is 1. The molecule has 3 aromatic rings. The van der Waals surface area contributed by atoms with Crippen LogP contribution in [0.4, 0.5) is 11.4 Å². The summed E-state index contributed by atoms with van der Waals surface area (Å²) in [6.45, 7) is 0. The Kier molecular flexibility index (Phi) is 3.81. The Morgan fingerprint density at radius 2 is 1.37 bits per heavy atom. The molecular weight excluding hydrogens is 344 g/mol. The van der Waals surface area contributed by atoms with E-state index in [1.54, 1.807) is 60.7 Å². The number of carbonyl (C=O) groups is 2. The van der Waals surface area contributed by atoms with Gasteiger partial charge < -0.3 is 5.32 Å². The van der Waals surface area contributed by atoms with Crippen molar-refractivity contribution in [3.63, 3.8) is 0 Å². The highest BCUT2D eigenvalue weighted by Crippen LogP contribution is 2.40. The second-order valence-corrected chi connectivity index (χ2v) is 6.25. The van der Waals surface area contributed by atoms with E-state index in [9.17, 15) is 19.7 Å². The Balaban J connectivity index is 1.90. The number of nitro benzene ring substituents is 1. The molecule has 0 heterocycles. The molecule has 6 nitrogen and oxygen atoms in total. The first kappa shape index (κ1) is 16.7. The fourth-order valence-corrected chi connectivity index (χ4v) is 3.44. The number of non-ortho nitro benzene ring substituents is 1. The maximum absolute atomic E-state index is 13.3. The van der Waals surface area contributed by atoms with E-state index in [0.29, 0.717) is 22.4 Å². The van der Waals surface area contributed by atoms with E-state index in [0.717, 1.165) is 0 Å². The molecule has 27 heavy (non-hydrogen) atoms. The van der Waals surface area contributed by atoms with Crippen LogP contribution in [0.2, 0.25) is 0 Å². The molecule has 1 aliphatic carbocycles. The van der Waals surface area contributed by atoms with Gasteiger partial charge in [-0.1, -0.05) is 60.7 Å². The molecule has 4 rings (SSSR count). The summed E-state index contributed by atoms with van der Waals surface area (Å²) in [6, 6.07) is 21.1. The molecule has 1 aliphatic rings. The Morgan fingerprint density at radius 3 is 1.96 bits per heavy atom. The van der Waals surface area contributed by atoms with Gasteiger partial charge in [0.25, 0.3) is 5.69 Å². The van der Waals surface area contributed by atoms with Crippen molar-refractivity contribution in [1.29, 1.82) is 0 Å². The smallest absolute Gasteiger partial charge is 0.271 e. The Labute approximate surface area is 154 Å². The van der Waals surface area contributed by atoms with Crippen LogP contribution in [-0.4, -0.2) is 16.5 Å². The van der Waals surface area contributed by atoms with Crippen LogP contribution in [0.25, 0.3) is 0 Å². The van der Waals surface area contributed by atoms with Gasteiger partial charge >= 0.3 is 0 Å². The molecule has 0 aromatic heterocycles.